The van der Waals surface area contributed by atoms with Crippen molar-refractivity contribution in [2.24, 2.45) is 11.1 Å². The zero-order chi connectivity index (χ0) is 13.9. The molecule has 4 nitrogen and oxygen atoms in total. The molecule has 0 spiro atoms. The van der Waals surface area contributed by atoms with Crippen molar-refractivity contribution in [1.29, 1.82) is 0 Å². The van der Waals surface area contributed by atoms with Gasteiger partial charge in [-0.3, -0.25) is 4.39 Å². The maximum absolute atomic E-state index is 12.9. The van der Waals surface area contributed by atoms with Gasteiger partial charge in [-0.2, -0.15) is 0 Å². The van der Waals surface area contributed by atoms with E-state index in [-0.39, 0.29) is 12.0 Å². The zero-order valence-electron chi connectivity index (χ0n) is 11.0. The smallest absolute Gasteiger partial charge is 0.338 e. The number of hydrogen-bond donors (Lipinski definition) is 2. The molecule has 2 atom stereocenters. The van der Waals surface area contributed by atoms with E-state index in [9.17, 15) is 9.18 Å². The Morgan fingerprint density at radius 1 is 1.63 bits per heavy atom. The highest BCUT2D eigenvalue weighted by atomic mass is 19.1. The minimum absolute atomic E-state index is 0.0711. The third-order valence-electron chi connectivity index (χ3n) is 3.54. The van der Waals surface area contributed by atoms with Crippen LogP contribution in [0.2, 0.25) is 0 Å². The molecule has 1 aromatic carbocycles. The van der Waals surface area contributed by atoms with Crippen LogP contribution in [0.15, 0.2) is 24.3 Å². The summed E-state index contributed by atoms with van der Waals surface area (Å²) in [5.74, 6) is -0.352. The van der Waals surface area contributed by atoms with Crippen LogP contribution in [0, 0.1) is 5.41 Å². The number of ether oxygens (including phenoxy) is 1. The molecular weight excluding hydrogens is 247 g/mol. The topological polar surface area (TPSA) is 64.3 Å². The van der Waals surface area contributed by atoms with Crippen LogP contribution in [0.5, 0.6) is 0 Å². The SMILES string of the molecule is CCOC(=O)c1cccc(NCC2(CF)CC2N)c1. The second kappa shape index (κ2) is 5.57. The zero-order valence-corrected chi connectivity index (χ0v) is 11.0. The molecule has 0 bridgehead atoms. The highest BCUT2D eigenvalue weighted by Gasteiger charge is 2.51. The van der Waals surface area contributed by atoms with Crippen molar-refractivity contribution < 1.29 is 13.9 Å². The van der Waals surface area contributed by atoms with Crippen LogP contribution < -0.4 is 11.1 Å². The minimum Gasteiger partial charge on any atom is -0.462 e. The molecule has 104 valence electrons. The minimum atomic E-state index is -0.431. The molecule has 2 unspecified atom stereocenters. The average Bonchev–Trinajstić information content (AvgIpc) is 3.08. The summed E-state index contributed by atoms with van der Waals surface area (Å²) in [5.41, 5.74) is 6.57. The van der Waals surface area contributed by atoms with Crippen molar-refractivity contribution >= 4 is 11.7 Å². The van der Waals surface area contributed by atoms with Crippen LogP contribution in [0.4, 0.5) is 10.1 Å². The summed E-state index contributed by atoms with van der Waals surface area (Å²) >= 11 is 0. The van der Waals surface area contributed by atoms with E-state index in [0.717, 1.165) is 5.69 Å². The number of nitrogens with one attached hydrogen (secondary N) is 1. The lowest BCUT2D eigenvalue weighted by atomic mass is 10.1. The van der Waals surface area contributed by atoms with Crippen LogP contribution in [0.1, 0.15) is 23.7 Å². The quantitative estimate of drug-likeness (QED) is 0.773. The first-order chi connectivity index (χ1) is 9.11. The number of anilines is 1. The van der Waals surface area contributed by atoms with Crippen molar-refractivity contribution in [3.63, 3.8) is 0 Å². The monoisotopic (exact) mass is 266 g/mol. The van der Waals surface area contributed by atoms with Crippen LogP contribution >= 0.6 is 0 Å². The first kappa shape index (κ1) is 13.8. The molecule has 3 N–H and O–H groups in total. The van der Waals surface area contributed by atoms with Gasteiger partial charge in [0.25, 0.3) is 0 Å². The summed E-state index contributed by atoms with van der Waals surface area (Å²) in [6.45, 7) is 2.17. The van der Waals surface area contributed by atoms with Crippen molar-refractivity contribution in [3.05, 3.63) is 29.8 Å². The van der Waals surface area contributed by atoms with E-state index in [4.69, 9.17) is 10.5 Å². The number of nitrogens with two attached hydrogens (primary N) is 1. The van der Waals surface area contributed by atoms with Crippen LogP contribution in [0.25, 0.3) is 0 Å². The van der Waals surface area contributed by atoms with Gasteiger partial charge in [0, 0.05) is 23.7 Å². The number of carbonyl (C=O) groups is 1. The Balaban J connectivity index is 1.98. The number of rotatable bonds is 6. The second-order valence-electron chi connectivity index (χ2n) is 4.96. The van der Waals surface area contributed by atoms with Gasteiger partial charge in [0.15, 0.2) is 0 Å². The predicted molar refractivity (Wildman–Crippen MR) is 71.9 cm³/mol. The van der Waals surface area contributed by atoms with Gasteiger partial charge in [0.05, 0.1) is 18.8 Å². The molecule has 1 fully saturated rings. The van der Waals surface area contributed by atoms with Crippen LogP contribution in [-0.2, 0) is 4.74 Å². The number of hydrogen-bond acceptors (Lipinski definition) is 4. The fourth-order valence-corrected chi connectivity index (χ4v) is 2.03. The summed E-state index contributed by atoms with van der Waals surface area (Å²) in [7, 11) is 0. The van der Waals surface area contributed by atoms with Crippen LogP contribution in [-0.4, -0.2) is 31.8 Å². The molecule has 1 aliphatic rings. The van der Waals surface area contributed by atoms with Gasteiger partial charge < -0.3 is 15.8 Å². The number of alkyl halides is 1. The first-order valence-electron chi connectivity index (χ1n) is 6.44. The Kier molecular flexibility index (Phi) is 4.04. The molecule has 0 amide bonds. The van der Waals surface area contributed by atoms with Gasteiger partial charge >= 0.3 is 5.97 Å². The van der Waals surface area contributed by atoms with Gasteiger partial charge in [-0.25, -0.2) is 4.79 Å². The van der Waals surface area contributed by atoms with E-state index in [2.05, 4.69) is 5.32 Å². The first-order valence-corrected chi connectivity index (χ1v) is 6.44. The average molecular weight is 266 g/mol. The molecule has 0 radical (unpaired) electrons. The maximum Gasteiger partial charge on any atom is 0.338 e. The summed E-state index contributed by atoms with van der Waals surface area (Å²) in [5, 5.41) is 3.14. The Morgan fingerprint density at radius 3 is 2.95 bits per heavy atom. The third kappa shape index (κ3) is 3.04. The molecule has 19 heavy (non-hydrogen) atoms. The Morgan fingerprint density at radius 2 is 2.37 bits per heavy atom. The number of halogens is 1. The van der Waals surface area contributed by atoms with E-state index in [0.29, 0.717) is 25.1 Å². The Hall–Kier alpha value is -1.62. The lowest BCUT2D eigenvalue weighted by molar-refractivity contribution is 0.0526. The standard InChI is InChI=1S/C14H19FN2O2/c1-2-19-13(18)10-4-3-5-11(6-10)17-9-14(8-15)7-12(14)16/h3-6,12,17H,2,7-9,16H2,1H3. The van der Waals surface area contributed by atoms with E-state index >= 15 is 0 Å². The van der Waals surface area contributed by atoms with Gasteiger partial charge in [-0.1, -0.05) is 6.07 Å². The molecule has 1 aromatic rings. The summed E-state index contributed by atoms with van der Waals surface area (Å²) in [6, 6.07) is 6.93. The summed E-state index contributed by atoms with van der Waals surface area (Å²) in [6.07, 6.45) is 0.702. The lowest BCUT2D eigenvalue weighted by Crippen LogP contribution is -2.25. The van der Waals surface area contributed by atoms with Gasteiger partial charge in [0.1, 0.15) is 0 Å². The maximum atomic E-state index is 12.9. The van der Waals surface area contributed by atoms with Crippen molar-refractivity contribution in [1.82, 2.24) is 0 Å². The van der Waals surface area contributed by atoms with Crippen molar-refractivity contribution in [2.75, 3.05) is 25.1 Å². The second-order valence-corrected chi connectivity index (χ2v) is 4.96. The van der Waals surface area contributed by atoms with Gasteiger partial charge in [0.2, 0.25) is 0 Å². The molecule has 1 saturated carbocycles. The fourth-order valence-electron chi connectivity index (χ4n) is 2.03. The molecule has 0 aliphatic heterocycles. The summed E-state index contributed by atoms with van der Waals surface area (Å²) in [4.78, 5) is 11.6. The Bertz CT molecular complexity index is 463. The number of carbonyl (C=O) groups excluding carboxylic acids is 1. The van der Waals surface area contributed by atoms with Crippen molar-refractivity contribution in [2.45, 2.75) is 19.4 Å². The largest absolute Gasteiger partial charge is 0.462 e. The normalized spacial score (nSPS) is 24.9. The van der Waals surface area contributed by atoms with Crippen molar-refractivity contribution in [3.8, 4) is 0 Å². The van der Waals surface area contributed by atoms with E-state index < -0.39 is 12.1 Å². The van der Waals surface area contributed by atoms with Crippen LogP contribution in [0.3, 0.4) is 0 Å². The molecule has 0 heterocycles. The lowest BCUT2D eigenvalue weighted by Gasteiger charge is -2.14. The third-order valence-corrected chi connectivity index (χ3v) is 3.54. The van der Waals surface area contributed by atoms with E-state index in [1.54, 1.807) is 25.1 Å². The molecule has 0 saturated heterocycles. The van der Waals surface area contributed by atoms with E-state index in [1.165, 1.54) is 0 Å². The molecule has 5 heteroatoms. The number of benzene rings is 1. The molecular formula is C14H19FN2O2. The molecule has 0 aromatic heterocycles. The van der Waals surface area contributed by atoms with Gasteiger partial charge in [-0.05, 0) is 31.5 Å². The Labute approximate surface area is 112 Å². The highest BCUT2D eigenvalue weighted by molar-refractivity contribution is 5.90. The molecule has 1 aliphatic carbocycles. The number of esters is 1. The predicted octanol–water partition coefficient (Wildman–Crippen LogP) is 1.96. The fraction of sp³-hybridized carbons (Fsp3) is 0.500. The highest BCUT2D eigenvalue weighted by Crippen LogP contribution is 2.44. The molecule has 2 rings (SSSR count). The van der Waals surface area contributed by atoms with Gasteiger partial charge in [-0.15, -0.1) is 0 Å². The summed E-state index contributed by atoms with van der Waals surface area (Å²) < 4.78 is 17.8. The van der Waals surface area contributed by atoms with E-state index in [1.807, 2.05) is 6.07 Å².